The van der Waals surface area contributed by atoms with Crippen molar-refractivity contribution in [3.63, 3.8) is 0 Å². The summed E-state index contributed by atoms with van der Waals surface area (Å²) in [5, 5.41) is 31.7. The zero-order valence-electron chi connectivity index (χ0n) is 22.7. The van der Waals surface area contributed by atoms with E-state index in [1.807, 2.05) is 48.5 Å². The van der Waals surface area contributed by atoms with Gasteiger partial charge in [-0.25, -0.2) is 0 Å². The molecule has 2 aliphatic rings. The van der Waals surface area contributed by atoms with Crippen LogP contribution < -0.4 is 15.4 Å². The van der Waals surface area contributed by atoms with Crippen LogP contribution in [0.25, 0.3) is 22.0 Å². The number of hydrogen-bond donors (Lipinski definition) is 4. The van der Waals surface area contributed by atoms with Gasteiger partial charge in [-0.3, -0.25) is 4.98 Å². The monoisotopic (exact) mass is 576 g/mol. The van der Waals surface area contributed by atoms with Gasteiger partial charge in [0.15, 0.2) is 0 Å². The van der Waals surface area contributed by atoms with Crippen LogP contribution in [-0.2, 0) is 6.18 Å². The standard InChI is InChI=1S/C32H31F3N4O3/c33-32(34,35)20-8-9-22-25(12-15-37-27(22)16-20)30(19-10-13-36-14-11-19)38-17-21(40)18-42-28-7-3-6-26-29(28)23-4-1-2-5-24(23)31(26)39-41/h1-9,12,15-16,19,21,30,36,38,40-41H,10-11,13-14,17-18H2/t21-,30?/m0/s1. The molecule has 7 nitrogen and oxygen atoms in total. The zero-order chi connectivity index (χ0) is 29.3. The maximum Gasteiger partial charge on any atom is 0.416 e. The fourth-order valence-corrected chi connectivity index (χ4v) is 6.12. The maximum absolute atomic E-state index is 13.4. The molecule has 1 saturated heterocycles. The number of aliphatic hydroxyl groups is 1. The predicted octanol–water partition coefficient (Wildman–Crippen LogP) is 5.53. The number of aromatic nitrogens is 1. The molecule has 2 atom stereocenters. The van der Waals surface area contributed by atoms with E-state index in [1.165, 1.54) is 6.07 Å². The SMILES string of the molecule is ON=C1c2ccccc2-c2c(OC[C@@H](O)CNC(c3ccnc4cc(C(F)(F)F)ccc34)C3CCNCC3)cccc21. The first-order valence-corrected chi connectivity index (χ1v) is 14.0. The lowest BCUT2D eigenvalue weighted by Crippen LogP contribution is -2.40. The molecule has 4 aromatic rings. The molecule has 0 radical (unpaired) electrons. The highest BCUT2D eigenvalue weighted by Gasteiger charge is 2.32. The van der Waals surface area contributed by atoms with Gasteiger partial charge in [0, 0.05) is 40.9 Å². The van der Waals surface area contributed by atoms with Crippen LogP contribution in [0, 0.1) is 5.92 Å². The largest absolute Gasteiger partial charge is 0.490 e. The van der Waals surface area contributed by atoms with Crippen molar-refractivity contribution in [2.75, 3.05) is 26.2 Å². The van der Waals surface area contributed by atoms with Crippen molar-refractivity contribution in [1.29, 1.82) is 0 Å². The summed E-state index contributed by atoms with van der Waals surface area (Å²) < 4.78 is 46.2. The molecule has 1 fully saturated rings. The minimum absolute atomic E-state index is 0.0161. The summed E-state index contributed by atoms with van der Waals surface area (Å²) in [4.78, 5) is 4.22. The molecule has 0 saturated carbocycles. The molecule has 1 unspecified atom stereocenters. The molecule has 0 bridgehead atoms. The van der Waals surface area contributed by atoms with Crippen LogP contribution in [0.3, 0.4) is 0 Å². The Hall–Kier alpha value is -3.99. The van der Waals surface area contributed by atoms with Gasteiger partial charge in [-0.05, 0) is 67.2 Å². The van der Waals surface area contributed by atoms with Crippen LogP contribution in [-0.4, -0.2) is 53.4 Å². The summed E-state index contributed by atoms with van der Waals surface area (Å²) in [6.07, 6.45) is -1.99. The average molecular weight is 577 g/mol. The van der Waals surface area contributed by atoms with Crippen LogP contribution in [0.15, 0.2) is 78.1 Å². The fourth-order valence-electron chi connectivity index (χ4n) is 6.12. The lowest BCUT2D eigenvalue weighted by Gasteiger charge is -2.33. The van der Waals surface area contributed by atoms with Crippen LogP contribution in [0.4, 0.5) is 13.2 Å². The quantitative estimate of drug-likeness (QED) is 0.143. The first-order chi connectivity index (χ1) is 20.3. The van der Waals surface area contributed by atoms with E-state index in [2.05, 4.69) is 20.8 Å². The number of nitrogens with one attached hydrogen (secondary N) is 2. The van der Waals surface area contributed by atoms with Gasteiger partial charge in [0.2, 0.25) is 0 Å². The molecule has 1 aliphatic heterocycles. The zero-order valence-corrected chi connectivity index (χ0v) is 22.7. The van der Waals surface area contributed by atoms with Gasteiger partial charge >= 0.3 is 6.18 Å². The molecule has 4 N–H and O–H groups in total. The Balaban J connectivity index is 1.21. The number of pyridine rings is 1. The topological polar surface area (TPSA) is 99.0 Å². The van der Waals surface area contributed by atoms with Crippen molar-refractivity contribution in [2.24, 2.45) is 11.1 Å². The molecule has 6 rings (SSSR count). The van der Waals surface area contributed by atoms with Crippen LogP contribution in [0.5, 0.6) is 5.75 Å². The van der Waals surface area contributed by atoms with Crippen molar-refractivity contribution < 1.29 is 28.2 Å². The Kier molecular flexibility index (Phi) is 7.85. The number of hydrogen-bond acceptors (Lipinski definition) is 7. The van der Waals surface area contributed by atoms with Crippen LogP contribution in [0.1, 0.15) is 41.1 Å². The summed E-state index contributed by atoms with van der Waals surface area (Å²) in [7, 11) is 0. The molecule has 10 heteroatoms. The number of benzene rings is 3. The Morgan fingerprint density at radius 3 is 2.52 bits per heavy atom. The first-order valence-electron chi connectivity index (χ1n) is 14.0. The Bertz CT molecular complexity index is 1620. The second-order valence-corrected chi connectivity index (χ2v) is 10.7. The van der Waals surface area contributed by atoms with E-state index in [4.69, 9.17) is 4.74 Å². The molecular formula is C32H31F3N4O3. The van der Waals surface area contributed by atoms with Crippen LogP contribution in [0.2, 0.25) is 0 Å². The third-order valence-corrected chi connectivity index (χ3v) is 8.13. The number of halogens is 3. The number of fused-ring (bicyclic) bond motifs is 4. The number of nitrogens with zero attached hydrogens (tertiary/aromatic N) is 2. The predicted molar refractivity (Wildman–Crippen MR) is 154 cm³/mol. The highest BCUT2D eigenvalue weighted by molar-refractivity contribution is 6.25. The number of ether oxygens (including phenoxy) is 1. The van der Waals surface area contributed by atoms with Gasteiger partial charge in [-0.1, -0.05) is 47.6 Å². The van der Waals surface area contributed by atoms with Gasteiger partial charge in [-0.15, -0.1) is 0 Å². The molecule has 1 aromatic heterocycles. The lowest BCUT2D eigenvalue weighted by atomic mass is 9.84. The summed E-state index contributed by atoms with van der Waals surface area (Å²) in [5.74, 6) is 0.797. The number of oxime groups is 1. The number of aliphatic hydroxyl groups excluding tert-OH is 1. The minimum Gasteiger partial charge on any atom is -0.490 e. The van der Waals surface area contributed by atoms with Gasteiger partial charge < -0.3 is 25.7 Å². The number of alkyl halides is 3. The average Bonchev–Trinajstić information content (AvgIpc) is 3.34. The summed E-state index contributed by atoms with van der Waals surface area (Å²) in [6, 6.07) is 18.5. The van der Waals surface area contributed by atoms with E-state index < -0.39 is 17.8 Å². The molecule has 2 heterocycles. The molecule has 0 spiro atoms. The summed E-state index contributed by atoms with van der Waals surface area (Å²) in [5.41, 5.74) is 4.18. The van der Waals surface area contributed by atoms with Crippen molar-refractivity contribution in [3.05, 3.63) is 95.2 Å². The first kappa shape index (κ1) is 28.1. The minimum atomic E-state index is -4.45. The van der Waals surface area contributed by atoms with E-state index in [0.717, 1.165) is 65.9 Å². The molecule has 42 heavy (non-hydrogen) atoms. The molecule has 1 aliphatic carbocycles. The van der Waals surface area contributed by atoms with E-state index in [1.54, 1.807) is 6.20 Å². The van der Waals surface area contributed by atoms with Crippen LogP contribution >= 0.6 is 0 Å². The molecule has 3 aromatic carbocycles. The Labute approximate surface area is 241 Å². The molecule has 0 amide bonds. The van der Waals surface area contributed by atoms with Crippen molar-refractivity contribution >= 4 is 16.6 Å². The molecule has 218 valence electrons. The van der Waals surface area contributed by atoms with E-state index in [9.17, 15) is 23.5 Å². The lowest BCUT2D eigenvalue weighted by molar-refractivity contribution is -0.137. The van der Waals surface area contributed by atoms with E-state index >= 15 is 0 Å². The smallest absolute Gasteiger partial charge is 0.416 e. The summed E-state index contributed by atoms with van der Waals surface area (Å²) in [6.45, 7) is 1.92. The third-order valence-electron chi connectivity index (χ3n) is 8.13. The van der Waals surface area contributed by atoms with Gasteiger partial charge in [0.05, 0.1) is 11.1 Å². The second-order valence-electron chi connectivity index (χ2n) is 10.7. The normalized spacial score (nSPS) is 17.7. The second kappa shape index (κ2) is 11.7. The third kappa shape index (κ3) is 5.45. The number of rotatable bonds is 8. The van der Waals surface area contributed by atoms with Gasteiger partial charge in [0.25, 0.3) is 0 Å². The highest BCUT2D eigenvalue weighted by atomic mass is 19.4. The van der Waals surface area contributed by atoms with Gasteiger partial charge in [0.1, 0.15) is 24.2 Å². The Morgan fingerprint density at radius 2 is 1.76 bits per heavy atom. The maximum atomic E-state index is 13.4. The van der Waals surface area contributed by atoms with Crippen molar-refractivity contribution in [3.8, 4) is 16.9 Å². The van der Waals surface area contributed by atoms with Crippen molar-refractivity contribution in [1.82, 2.24) is 15.6 Å². The molecular weight excluding hydrogens is 545 g/mol. The summed E-state index contributed by atoms with van der Waals surface area (Å²) >= 11 is 0. The Morgan fingerprint density at radius 1 is 1.00 bits per heavy atom. The van der Waals surface area contributed by atoms with Gasteiger partial charge in [-0.2, -0.15) is 13.2 Å². The number of piperidine rings is 1. The fraction of sp³-hybridized carbons (Fsp3) is 0.312. The highest BCUT2D eigenvalue weighted by Crippen LogP contribution is 2.43. The van der Waals surface area contributed by atoms with E-state index in [0.29, 0.717) is 16.8 Å². The van der Waals surface area contributed by atoms with E-state index in [-0.39, 0.29) is 30.6 Å². The van der Waals surface area contributed by atoms with Crippen molar-refractivity contribution in [2.45, 2.75) is 31.2 Å².